The van der Waals surface area contributed by atoms with Crippen molar-refractivity contribution >= 4 is 40.5 Å². The Kier molecular flexibility index (Phi) is 6.40. The Balaban J connectivity index is 1.43. The lowest BCUT2D eigenvalue weighted by Gasteiger charge is -2.13. The molecule has 3 aromatic rings. The van der Waals surface area contributed by atoms with Crippen molar-refractivity contribution in [2.45, 2.75) is 30.7 Å². The van der Waals surface area contributed by atoms with Crippen molar-refractivity contribution in [2.24, 2.45) is 0 Å². The van der Waals surface area contributed by atoms with Gasteiger partial charge in [0.2, 0.25) is 0 Å². The fourth-order valence-corrected chi connectivity index (χ4v) is 4.98. The van der Waals surface area contributed by atoms with Crippen LogP contribution in [-0.2, 0) is 0 Å². The second kappa shape index (κ2) is 9.36. The third-order valence-corrected chi connectivity index (χ3v) is 6.77. The van der Waals surface area contributed by atoms with Gasteiger partial charge >= 0.3 is 5.97 Å². The molecule has 2 aromatic carbocycles. The van der Waals surface area contributed by atoms with Crippen LogP contribution >= 0.6 is 23.3 Å². The van der Waals surface area contributed by atoms with Gasteiger partial charge in [-0.2, -0.15) is 0 Å². The van der Waals surface area contributed by atoms with E-state index in [4.69, 9.17) is 14.8 Å². The van der Waals surface area contributed by atoms with Crippen LogP contribution in [0.25, 0.3) is 16.1 Å². The molecule has 0 radical (unpaired) electrons. The minimum Gasteiger partial charge on any atom is -0.495 e. The lowest BCUT2D eigenvalue weighted by molar-refractivity contribution is 0.0696. The van der Waals surface area contributed by atoms with Gasteiger partial charge in [-0.1, -0.05) is 30.3 Å². The maximum Gasteiger partial charge on any atom is 0.335 e. The number of aromatic nitrogens is 1. The number of anilines is 1. The number of carboxylic acid groups (broad SMARTS) is 1. The minimum absolute atomic E-state index is 0.186. The van der Waals surface area contributed by atoms with Crippen LogP contribution < -0.4 is 9.46 Å². The molecule has 1 aliphatic rings. The summed E-state index contributed by atoms with van der Waals surface area (Å²) in [6, 6.07) is 13.4. The third kappa shape index (κ3) is 4.68. The topological polar surface area (TPSA) is 71.5 Å². The van der Waals surface area contributed by atoms with E-state index in [0.717, 1.165) is 15.6 Å². The highest BCUT2D eigenvalue weighted by Gasteiger charge is 2.11. The first-order valence-electron chi connectivity index (χ1n) is 9.73. The summed E-state index contributed by atoms with van der Waals surface area (Å²) in [6.07, 6.45) is 7.28. The Morgan fingerprint density at radius 1 is 1.17 bits per heavy atom. The molecule has 5 nitrogen and oxygen atoms in total. The van der Waals surface area contributed by atoms with E-state index in [9.17, 15) is 4.79 Å². The molecule has 0 aliphatic heterocycles. The van der Waals surface area contributed by atoms with Crippen LogP contribution in [0.1, 0.15) is 41.6 Å². The van der Waals surface area contributed by atoms with Gasteiger partial charge in [0.05, 0.1) is 18.4 Å². The Hall–Kier alpha value is -2.77. The van der Waals surface area contributed by atoms with Gasteiger partial charge in [-0.05, 0) is 55.0 Å². The van der Waals surface area contributed by atoms with Crippen LogP contribution in [0.2, 0.25) is 0 Å². The first kappa shape index (κ1) is 20.5. The van der Waals surface area contributed by atoms with Crippen molar-refractivity contribution in [1.82, 2.24) is 4.98 Å². The van der Waals surface area contributed by atoms with Gasteiger partial charge in [-0.25, -0.2) is 9.78 Å². The molecule has 0 amide bonds. The number of benzene rings is 2. The Bertz CT molecular complexity index is 1070. The Morgan fingerprint density at radius 2 is 1.97 bits per heavy atom. The zero-order valence-corrected chi connectivity index (χ0v) is 18.2. The number of hydrogen-bond acceptors (Lipinski definition) is 6. The largest absolute Gasteiger partial charge is 0.495 e. The lowest BCUT2D eigenvalue weighted by Crippen LogP contribution is -1.99. The number of methoxy groups -OCH3 is 1. The molecule has 1 heterocycles. The zero-order chi connectivity index (χ0) is 20.9. The van der Waals surface area contributed by atoms with E-state index in [1.807, 2.05) is 5.38 Å². The molecule has 154 valence electrons. The molecule has 0 saturated carbocycles. The number of aromatic carboxylic acids is 1. The number of nitrogens with one attached hydrogen (secondary N) is 1. The fourth-order valence-electron chi connectivity index (χ4n) is 3.38. The quantitative estimate of drug-likeness (QED) is 0.405. The molecule has 0 bridgehead atoms. The van der Waals surface area contributed by atoms with Crippen LogP contribution in [0.15, 0.2) is 58.9 Å². The fraction of sp³-hybridized carbons (Fsp3) is 0.217. The molecule has 1 aliphatic carbocycles. The Morgan fingerprint density at radius 3 is 2.67 bits per heavy atom. The number of allylic oxidation sites excluding steroid dienone is 2. The van der Waals surface area contributed by atoms with Gasteiger partial charge < -0.3 is 14.6 Å². The number of ether oxygens (including phenoxy) is 1. The molecule has 2 N–H and O–H groups in total. The molecule has 0 saturated heterocycles. The highest BCUT2D eigenvalue weighted by atomic mass is 32.2. The van der Waals surface area contributed by atoms with E-state index in [-0.39, 0.29) is 5.56 Å². The van der Waals surface area contributed by atoms with Gasteiger partial charge in [-0.15, -0.1) is 11.3 Å². The molecular formula is C23H22N2O3S2. The number of hydrogen-bond donors (Lipinski definition) is 2. The molecule has 30 heavy (non-hydrogen) atoms. The summed E-state index contributed by atoms with van der Waals surface area (Å²) in [4.78, 5) is 15.8. The highest BCUT2D eigenvalue weighted by molar-refractivity contribution is 8.00. The summed E-state index contributed by atoms with van der Waals surface area (Å²) in [6.45, 7) is 0. The van der Waals surface area contributed by atoms with Crippen molar-refractivity contribution < 1.29 is 14.6 Å². The van der Waals surface area contributed by atoms with Crippen molar-refractivity contribution in [3.63, 3.8) is 0 Å². The van der Waals surface area contributed by atoms with Gasteiger partial charge in [0.15, 0.2) is 0 Å². The van der Waals surface area contributed by atoms with Gasteiger partial charge in [0, 0.05) is 22.9 Å². The SMILES string of the molecule is COc1cc(C(=O)O)ccc1NSc1csc(-c2ccc(C3=CCCCC3)cc2)n1. The van der Waals surface area contributed by atoms with E-state index >= 15 is 0 Å². The van der Waals surface area contributed by atoms with E-state index in [0.29, 0.717) is 11.4 Å². The van der Waals surface area contributed by atoms with Gasteiger partial charge in [0.1, 0.15) is 15.8 Å². The average molecular weight is 439 g/mol. The number of nitrogens with zero attached hydrogens (tertiary/aromatic N) is 1. The Labute approximate surface area is 184 Å². The maximum atomic E-state index is 11.1. The summed E-state index contributed by atoms with van der Waals surface area (Å²) in [7, 11) is 1.52. The molecule has 0 unspecified atom stereocenters. The van der Waals surface area contributed by atoms with Gasteiger partial charge in [-0.3, -0.25) is 0 Å². The van der Waals surface area contributed by atoms with Crippen LogP contribution in [0.4, 0.5) is 5.69 Å². The normalized spacial score (nSPS) is 13.6. The number of thiazole rings is 1. The van der Waals surface area contributed by atoms with Crippen LogP contribution in [-0.4, -0.2) is 23.2 Å². The van der Waals surface area contributed by atoms with E-state index < -0.39 is 5.97 Å². The molecule has 0 fully saturated rings. The van der Waals surface area contributed by atoms with E-state index in [1.165, 1.54) is 61.9 Å². The smallest absolute Gasteiger partial charge is 0.335 e. The average Bonchev–Trinajstić information content (AvgIpc) is 3.27. The van der Waals surface area contributed by atoms with E-state index in [1.54, 1.807) is 23.5 Å². The number of carbonyl (C=O) groups is 1. The third-order valence-electron chi connectivity index (χ3n) is 4.99. The van der Waals surface area contributed by atoms with Crippen LogP contribution in [0, 0.1) is 0 Å². The van der Waals surface area contributed by atoms with Crippen molar-refractivity contribution in [2.75, 3.05) is 11.8 Å². The standard InChI is InChI=1S/C23H22N2O3S2/c1-28-20-13-18(23(26)27)11-12-19(20)25-30-21-14-29-22(24-21)17-9-7-16(8-10-17)15-5-3-2-4-6-15/h5,7-14,25H,2-4,6H2,1H3,(H,26,27). The second-order valence-corrected chi connectivity index (χ2v) is 8.65. The predicted molar refractivity (Wildman–Crippen MR) is 123 cm³/mol. The van der Waals surface area contributed by atoms with Crippen molar-refractivity contribution in [1.29, 1.82) is 0 Å². The van der Waals surface area contributed by atoms with Crippen LogP contribution in [0.3, 0.4) is 0 Å². The summed E-state index contributed by atoms with van der Waals surface area (Å²) >= 11 is 2.97. The number of carboxylic acids is 1. The predicted octanol–water partition coefficient (Wildman–Crippen LogP) is 6.59. The minimum atomic E-state index is -0.984. The molecule has 0 atom stereocenters. The first-order chi connectivity index (χ1) is 14.6. The zero-order valence-electron chi connectivity index (χ0n) is 16.6. The summed E-state index contributed by atoms with van der Waals surface area (Å²) in [5.74, 6) is -0.507. The second-order valence-electron chi connectivity index (χ2n) is 6.97. The molecular weight excluding hydrogens is 416 g/mol. The number of rotatable bonds is 7. The first-order valence-corrected chi connectivity index (χ1v) is 11.4. The summed E-state index contributed by atoms with van der Waals surface area (Å²) in [5, 5.41) is 12.9. The molecule has 0 spiro atoms. The molecule has 1 aromatic heterocycles. The van der Waals surface area contributed by atoms with Crippen LogP contribution in [0.5, 0.6) is 5.75 Å². The maximum absolute atomic E-state index is 11.1. The monoisotopic (exact) mass is 438 g/mol. The molecule has 4 rings (SSSR count). The summed E-state index contributed by atoms with van der Waals surface area (Å²) < 4.78 is 8.50. The van der Waals surface area contributed by atoms with E-state index in [2.05, 4.69) is 35.1 Å². The lowest BCUT2D eigenvalue weighted by atomic mass is 9.93. The molecule has 7 heteroatoms. The van der Waals surface area contributed by atoms with Crippen molar-refractivity contribution in [3.8, 4) is 16.3 Å². The highest BCUT2D eigenvalue weighted by Crippen LogP contribution is 2.34. The summed E-state index contributed by atoms with van der Waals surface area (Å²) in [5.41, 5.74) is 4.76. The van der Waals surface area contributed by atoms with Crippen molar-refractivity contribution in [3.05, 3.63) is 65.0 Å². The van der Waals surface area contributed by atoms with Gasteiger partial charge in [0.25, 0.3) is 0 Å².